The van der Waals surface area contributed by atoms with Crippen molar-refractivity contribution in [2.75, 3.05) is 26.3 Å². The van der Waals surface area contributed by atoms with Crippen molar-refractivity contribution in [1.82, 2.24) is 20.5 Å². The fourth-order valence-corrected chi connectivity index (χ4v) is 7.40. The maximum absolute atomic E-state index is 14.4. The number of thiazole rings is 1. The first-order chi connectivity index (χ1) is 20.3. The minimum Gasteiger partial charge on any atom is -0.487 e. The van der Waals surface area contributed by atoms with E-state index in [0.717, 1.165) is 53.9 Å². The van der Waals surface area contributed by atoms with Crippen LogP contribution in [0.25, 0.3) is 5.57 Å². The Morgan fingerprint density at radius 3 is 2.62 bits per heavy atom. The largest absolute Gasteiger partial charge is 0.487 e. The molecule has 3 aromatic rings. The third-order valence-electron chi connectivity index (χ3n) is 8.32. The second-order valence-corrected chi connectivity index (χ2v) is 13.2. The molecule has 0 spiro atoms. The molecule has 1 saturated heterocycles. The zero-order valence-electron chi connectivity index (χ0n) is 24.1. The lowest BCUT2D eigenvalue weighted by molar-refractivity contribution is -0.128. The molecule has 1 aromatic heterocycles. The third kappa shape index (κ3) is 6.33. The topological polar surface area (TPSA) is 75.7 Å². The van der Waals surface area contributed by atoms with Crippen LogP contribution in [0, 0.1) is 20.8 Å². The van der Waals surface area contributed by atoms with Crippen LogP contribution in [-0.4, -0.2) is 60.2 Å². The highest BCUT2D eigenvalue weighted by molar-refractivity contribution is 7.14. The summed E-state index contributed by atoms with van der Waals surface area (Å²) in [6.45, 7) is 9.01. The molecule has 1 amide bonds. The van der Waals surface area contributed by atoms with Crippen LogP contribution >= 0.6 is 34.5 Å². The first-order valence-electron chi connectivity index (χ1n) is 14.5. The number of benzene rings is 2. The van der Waals surface area contributed by atoms with E-state index in [1.54, 1.807) is 0 Å². The number of aromatic nitrogens is 1. The Labute approximate surface area is 261 Å². The zero-order chi connectivity index (χ0) is 29.4. The van der Waals surface area contributed by atoms with Crippen molar-refractivity contribution >= 4 is 46.0 Å². The van der Waals surface area contributed by atoms with Gasteiger partial charge in [0.2, 0.25) is 0 Å². The molecule has 6 rings (SSSR count). The molecule has 2 N–H and O–H groups in total. The Morgan fingerprint density at radius 1 is 1.10 bits per heavy atom. The van der Waals surface area contributed by atoms with Crippen LogP contribution < -0.4 is 20.1 Å². The summed E-state index contributed by atoms with van der Waals surface area (Å²) in [6, 6.07) is 10.5. The molecule has 2 unspecified atom stereocenters. The van der Waals surface area contributed by atoms with Gasteiger partial charge in [0.15, 0.2) is 5.75 Å². The number of aryl methyl sites for hydroxylation is 2. The number of hydrogen-bond donors (Lipinski definition) is 2. The first kappa shape index (κ1) is 29.5. The molecule has 0 radical (unpaired) electrons. The lowest BCUT2D eigenvalue weighted by Gasteiger charge is -2.40. The third-order valence-corrected chi connectivity index (χ3v) is 9.85. The number of amides is 1. The van der Waals surface area contributed by atoms with Crippen LogP contribution in [0.3, 0.4) is 0 Å². The van der Waals surface area contributed by atoms with Crippen LogP contribution in [0.4, 0.5) is 0 Å². The second-order valence-electron chi connectivity index (χ2n) is 11.4. The molecule has 2 fully saturated rings. The predicted molar refractivity (Wildman–Crippen MR) is 169 cm³/mol. The first-order valence-corrected chi connectivity index (χ1v) is 16.1. The quantitative estimate of drug-likeness (QED) is 0.264. The van der Waals surface area contributed by atoms with Crippen molar-refractivity contribution in [1.29, 1.82) is 0 Å². The molecule has 2 atom stereocenters. The highest BCUT2D eigenvalue weighted by Crippen LogP contribution is 2.39. The molecule has 2 bridgehead atoms. The highest BCUT2D eigenvalue weighted by atomic mass is 35.5. The summed E-state index contributed by atoms with van der Waals surface area (Å²) in [5.41, 5.74) is 6.64. The SMILES string of the molecule is Cc1cc(Cl)c(OCCOc2ncc(C3=C(C(=O)N(Cc4cccc(C)c4C)C4CC4)C4CNCC(C3)N4)s2)c(Cl)c1. The number of fused-ring (bicyclic) bond motifs is 2. The summed E-state index contributed by atoms with van der Waals surface area (Å²) in [6.07, 6.45) is 4.72. The lowest BCUT2D eigenvalue weighted by atomic mass is 9.86. The van der Waals surface area contributed by atoms with Gasteiger partial charge in [-0.3, -0.25) is 4.79 Å². The van der Waals surface area contributed by atoms with Gasteiger partial charge in [-0.25, -0.2) is 4.98 Å². The molecule has 3 heterocycles. The Morgan fingerprint density at radius 2 is 1.86 bits per heavy atom. The summed E-state index contributed by atoms with van der Waals surface area (Å²) < 4.78 is 11.7. The average molecular weight is 628 g/mol. The Balaban J connectivity index is 1.21. The van der Waals surface area contributed by atoms with Crippen molar-refractivity contribution in [3.63, 3.8) is 0 Å². The van der Waals surface area contributed by atoms with Crippen LogP contribution in [0.5, 0.6) is 10.9 Å². The van der Waals surface area contributed by atoms with E-state index < -0.39 is 0 Å². The summed E-state index contributed by atoms with van der Waals surface area (Å²) in [7, 11) is 0. The molecule has 2 aromatic carbocycles. The molecule has 1 aliphatic carbocycles. The molecule has 2 aliphatic heterocycles. The molecular formula is C32H36Cl2N4O3S. The molecule has 10 heteroatoms. The minimum atomic E-state index is -0.0382. The van der Waals surface area contributed by atoms with Gasteiger partial charge in [0, 0.05) is 43.5 Å². The van der Waals surface area contributed by atoms with Crippen LogP contribution in [0.1, 0.15) is 46.4 Å². The maximum Gasteiger partial charge on any atom is 0.273 e. The number of piperazine rings is 1. The molecule has 1 saturated carbocycles. The number of nitrogens with one attached hydrogen (secondary N) is 2. The zero-order valence-corrected chi connectivity index (χ0v) is 26.5. The average Bonchev–Trinajstić information content (AvgIpc) is 3.69. The number of rotatable bonds is 10. The second kappa shape index (κ2) is 12.5. The van der Waals surface area contributed by atoms with Crippen molar-refractivity contribution in [3.8, 4) is 10.9 Å². The predicted octanol–water partition coefficient (Wildman–Crippen LogP) is 6.11. The van der Waals surface area contributed by atoms with Gasteiger partial charge in [-0.15, -0.1) is 0 Å². The number of ether oxygens (including phenoxy) is 2. The summed E-state index contributed by atoms with van der Waals surface area (Å²) >= 11 is 14.1. The van der Waals surface area contributed by atoms with E-state index in [4.69, 9.17) is 32.7 Å². The normalized spacial score (nSPS) is 20.0. The van der Waals surface area contributed by atoms with Gasteiger partial charge in [-0.1, -0.05) is 52.7 Å². The molecule has 222 valence electrons. The van der Waals surface area contributed by atoms with Crippen LogP contribution in [0.15, 0.2) is 42.1 Å². The van der Waals surface area contributed by atoms with Gasteiger partial charge in [0.05, 0.1) is 21.0 Å². The number of hydrogen-bond acceptors (Lipinski definition) is 7. The molecule has 3 aliphatic rings. The van der Waals surface area contributed by atoms with E-state index in [9.17, 15) is 4.79 Å². The van der Waals surface area contributed by atoms with Crippen molar-refractivity contribution in [2.45, 2.75) is 64.7 Å². The Hall–Kier alpha value is -2.62. The Bertz CT molecular complexity index is 1500. The van der Waals surface area contributed by atoms with Crippen LogP contribution in [0.2, 0.25) is 10.0 Å². The van der Waals surface area contributed by atoms with E-state index in [-0.39, 0.29) is 30.6 Å². The minimum absolute atomic E-state index is 0.0382. The maximum atomic E-state index is 14.4. The summed E-state index contributed by atoms with van der Waals surface area (Å²) in [5, 5.41) is 8.73. The van der Waals surface area contributed by atoms with Gasteiger partial charge in [0.1, 0.15) is 13.2 Å². The highest BCUT2D eigenvalue weighted by Gasteiger charge is 2.41. The van der Waals surface area contributed by atoms with E-state index in [1.807, 2.05) is 25.3 Å². The number of carbonyl (C=O) groups excluding carboxylic acids is 1. The van der Waals surface area contributed by atoms with E-state index in [1.165, 1.54) is 28.0 Å². The fourth-order valence-electron chi connectivity index (χ4n) is 5.83. The Kier molecular flexibility index (Phi) is 8.80. The molecule has 7 nitrogen and oxygen atoms in total. The van der Waals surface area contributed by atoms with Crippen molar-refractivity contribution in [2.24, 2.45) is 0 Å². The standard InChI is InChI=1S/C32H36Cl2N4O3S/c1-18-11-25(33)30(26(34)12-18)40-9-10-41-32-36-16-28(42-32)24-13-22-14-35-15-27(37-22)29(24)31(39)38(23-7-8-23)17-21-6-4-5-19(2)20(21)3/h4-6,11-12,16,22-23,27,35,37H,7-10,13-15,17H2,1-3H3. The molecular weight excluding hydrogens is 591 g/mol. The smallest absolute Gasteiger partial charge is 0.273 e. The van der Waals surface area contributed by atoms with Crippen molar-refractivity contribution < 1.29 is 14.3 Å². The molecule has 42 heavy (non-hydrogen) atoms. The van der Waals surface area contributed by atoms with E-state index >= 15 is 0 Å². The van der Waals surface area contributed by atoms with Crippen molar-refractivity contribution in [3.05, 3.63) is 79.3 Å². The van der Waals surface area contributed by atoms with Gasteiger partial charge in [-0.2, -0.15) is 0 Å². The fraction of sp³-hybridized carbons (Fsp3) is 0.438. The van der Waals surface area contributed by atoms with Gasteiger partial charge in [0.25, 0.3) is 11.1 Å². The van der Waals surface area contributed by atoms with Crippen LogP contribution in [-0.2, 0) is 11.3 Å². The number of nitrogens with zero attached hydrogens (tertiary/aromatic N) is 2. The van der Waals surface area contributed by atoms with Gasteiger partial charge in [-0.05, 0) is 80.0 Å². The van der Waals surface area contributed by atoms with Gasteiger partial charge >= 0.3 is 0 Å². The number of halogens is 2. The van der Waals surface area contributed by atoms with E-state index in [0.29, 0.717) is 34.1 Å². The summed E-state index contributed by atoms with van der Waals surface area (Å²) in [4.78, 5) is 22.0. The number of carbonyl (C=O) groups is 1. The summed E-state index contributed by atoms with van der Waals surface area (Å²) in [5.74, 6) is 0.584. The lowest BCUT2D eigenvalue weighted by Crippen LogP contribution is -2.59. The monoisotopic (exact) mass is 626 g/mol. The van der Waals surface area contributed by atoms with E-state index in [2.05, 4.69) is 52.6 Å². The van der Waals surface area contributed by atoms with Gasteiger partial charge < -0.3 is 25.0 Å².